The number of nitro groups is 1. The molecule has 4 rings (SSSR count). The predicted octanol–water partition coefficient (Wildman–Crippen LogP) is 4.69. The number of amides is 1. The maximum atomic E-state index is 12.3. The second kappa shape index (κ2) is 10.0. The molecule has 1 amide bonds. The average Bonchev–Trinajstić information content (AvgIpc) is 2.84. The molecule has 9 heteroatoms. The van der Waals surface area contributed by atoms with Crippen molar-refractivity contribution in [3.05, 3.63) is 118 Å². The van der Waals surface area contributed by atoms with E-state index in [1.807, 2.05) is 36.4 Å². The van der Waals surface area contributed by atoms with Gasteiger partial charge in [0.05, 0.1) is 4.92 Å². The van der Waals surface area contributed by atoms with E-state index in [1.165, 1.54) is 36.8 Å². The molecule has 34 heavy (non-hydrogen) atoms. The number of anilines is 3. The normalized spacial score (nSPS) is 10.7. The topological polar surface area (TPSA) is 124 Å². The minimum Gasteiger partial charge on any atom is -0.619 e. The third-order valence-corrected chi connectivity index (χ3v) is 4.83. The second-order valence-corrected chi connectivity index (χ2v) is 7.23. The van der Waals surface area contributed by atoms with E-state index in [2.05, 4.69) is 15.6 Å². The van der Waals surface area contributed by atoms with Gasteiger partial charge in [-0.25, -0.2) is 4.98 Å². The zero-order chi connectivity index (χ0) is 23.9. The number of rotatable bonds is 7. The van der Waals surface area contributed by atoms with E-state index in [0.717, 1.165) is 16.7 Å². The van der Waals surface area contributed by atoms with Crippen molar-refractivity contribution in [1.29, 1.82) is 0 Å². The Labute approximate surface area is 194 Å². The van der Waals surface area contributed by atoms with Crippen molar-refractivity contribution < 1.29 is 14.4 Å². The molecule has 0 saturated carbocycles. The van der Waals surface area contributed by atoms with E-state index in [0.29, 0.717) is 16.1 Å². The monoisotopic (exact) mass is 453 g/mol. The van der Waals surface area contributed by atoms with Crippen LogP contribution >= 0.6 is 0 Å². The molecule has 0 saturated heterocycles. The van der Waals surface area contributed by atoms with Crippen LogP contribution in [0.15, 0.2) is 97.5 Å². The molecule has 2 heterocycles. The van der Waals surface area contributed by atoms with E-state index < -0.39 is 4.92 Å². The van der Waals surface area contributed by atoms with Gasteiger partial charge in [-0.15, -0.1) is 0 Å². The summed E-state index contributed by atoms with van der Waals surface area (Å²) in [5, 5.41) is 28.1. The number of aromatic nitrogens is 2. The van der Waals surface area contributed by atoms with Crippen LogP contribution in [0.4, 0.5) is 22.9 Å². The minimum absolute atomic E-state index is 0.117. The van der Waals surface area contributed by atoms with Gasteiger partial charge in [0.1, 0.15) is 0 Å². The molecule has 0 radical (unpaired) electrons. The fraction of sp³-hybridized carbons (Fsp3) is 0. The van der Waals surface area contributed by atoms with Crippen molar-refractivity contribution in [2.45, 2.75) is 0 Å². The third kappa shape index (κ3) is 5.60. The molecular weight excluding hydrogens is 434 g/mol. The number of nitrogens with zero attached hydrogens (tertiary/aromatic N) is 3. The SMILES string of the molecule is O=C(/C=C/c1cc[n+]([O-])cc1)Nc1cccc(-c2cccc(Nc3ncccc3[N+](=O)[O-])c2)c1. The summed E-state index contributed by atoms with van der Waals surface area (Å²) in [6.07, 6.45) is 7.20. The Morgan fingerprint density at radius 1 is 0.941 bits per heavy atom. The fourth-order valence-electron chi connectivity index (χ4n) is 3.22. The van der Waals surface area contributed by atoms with Gasteiger partial charge < -0.3 is 15.8 Å². The summed E-state index contributed by atoms with van der Waals surface area (Å²) in [5.41, 5.74) is 3.56. The molecule has 0 bridgehead atoms. The van der Waals surface area contributed by atoms with Crippen LogP contribution in [0, 0.1) is 15.3 Å². The quantitative estimate of drug-likeness (QED) is 0.138. The summed E-state index contributed by atoms with van der Waals surface area (Å²) in [7, 11) is 0. The molecule has 0 unspecified atom stereocenters. The van der Waals surface area contributed by atoms with Gasteiger partial charge in [0.15, 0.2) is 12.4 Å². The van der Waals surface area contributed by atoms with E-state index in [4.69, 9.17) is 0 Å². The first kappa shape index (κ1) is 22.2. The highest BCUT2D eigenvalue weighted by molar-refractivity contribution is 6.02. The van der Waals surface area contributed by atoms with Gasteiger partial charge >= 0.3 is 5.69 Å². The average molecular weight is 453 g/mol. The number of nitrogens with one attached hydrogen (secondary N) is 2. The molecule has 0 aliphatic rings. The molecule has 4 aromatic rings. The van der Waals surface area contributed by atoms with Gasteiger partial charge in [-0.3, -0.25) is 14.9 Å². The Morgan fingerprint density at radius 2 is 1.62 bits per heavy atom. The number of carbonyl (C=O) groups is 1. The molecule has 168 valence electrons. The molecule has 2 aromatic carbocycles. The molecule has 0 aliphatic heterocycles. The van der Waals surface area contributed by atoms with Crippen LogP contribution in [0.3, 0.4) is 0 Å². The molecule has 9 nitrogen and oxygen atoms in total. The summed E-state index contributed by atoms with van der Waals surface area (Å²) < 4.78 is 0.672. The lowest BCUT2D eigenvalue weighted by Crippen LogP contribution is -2.23. The first-order valence-electron chi connectivity index (χ1n) is 10.2. The van der Waals surface area contributed by atoms with Crippen molar-refractivity contribution >= 4 is 34.9 Å². The van der Waals surface area contributed by atoms with Crippen LogP contribution in [0.25, 0.3) is 17.2 Å². The zero-order valence-corrected chi connectivity index (χ0v) is 17.8. The molecule has 2 aromatic heterocycles. The first-order chi connectivity index (χ1) is 16.5. The first-order valence-corrected chi connectivity index (χ1v) is 10.2. The lowest BCUT2D eigenvalue weighted by atomic mass is 10.0. The number of pyridine rings is 2. The van der Waals surface area contributed by atoms with Gasteiger partial charge in [0, 0.05) is 41.8 Å². The number of carbonyl (C=O) groups excluding carboxylic acids is 1. The van der Waals surface area contributed by atoms with Crippen molar-refractivity contribution in [2.75, 3.05) is 10.6 Å². The fourth-order valence-corrected chi connectivity index (χ4v) is 3.22. The van der Waals surface area contributed by atoms with E-state index >= 15 is 0 Å². The molecular formula is C25H19N5O4. The summed E-state index contributed by atoms with van der Waals surface area (Å²) in [6.45, 7) is 0. The predicted molar refractivity (Wildman–Crippen MR) is 129 cm³/mol. The smallest absolute Gasteiger partial charge is 0.311 e. The van der Waals surface area contributed by atoms with Crippen LogP contribution in [-0.4, -0.2) is 15.8 Å². The number of benzene rings is 2. The molecule has 0 atom stereocenters. The van der Waals surface area contributed by atoms with Crippen molar-refractivity contribution in [2.24, 2.45) is 0 Å². The maximum absolute atomic E-state index is 12.3. The zero-order valence-electron chi connectivity index (χ0n) is 17.8. The van der Waals surface area contributed by atoms with E-state index in [9.17, 15) is 20.1 Å². The van der Waals surface area contributed by atoms with Crippen LogP contribution in [-0.2, 0) is 4.79 Å². The van der Waals surface area contributed by atoms with Gasteiger partial charge in [0.2, 0.25) is 11.7 Å². The van der Waals surface area contributed by atoms with Gasteiger partial charge in [-0.2, -0.15) is 4.73 Å². The summed E-state index contributed by atoms with van der Waals surface area (Å²) in [4.78, 5) is 27.1. The van der Waals surface area contributed by atoms with Crippen molar-refractivity contribution in [3.8, 4) is 11.1 Å². The number of hydrogen-bond donors (Lipinski definition) is 2. The summed E-state index contributed by atoms with van der Waals surface area (Å²) in [6, 6.07) is 20.8. The van der Waals surface area contributed by atoms with E-state index in [-0.39, 0.29) is 17.4 Å². The lowest BCUT2D eigenvalue weighted by Gasteiger charge is -2.10. The van der Waals surface area contributed by atoms with Gasteiger partial charge in [0.25, 0.3) is 0 Å². The highest BCUT2D eigenvalue weighted by Crippen LogP contribution is 2.29. The second-order valence-electron chi connectivity index (χ2n) is 7.23. The molecule has 0 aliphatic carbocycles. The third-order valence-electron chi connectivity index (χ3n) is 4.83. The van der Waals surface area contributed by atoms with Gasteiger partial charge in [-0.05, 0) is 53.1 Å². The highest BCUT2D eigenvalue weighted by Gasteiger charge is 2.14. The number of hydrogen-bond acceptors (Lipinski definition) is 6. The molecule has 0 fully saturated rings. The van der Waals surface area contributed by atoms with Crippen molar-refractivity contribution in [3.63, 3.8) is 0 Å². The van der Waals surface area contributed by atoms with E-state index in [1.54, 1.807) is 30.3 Å². The highest BCUT2D eigenvalue weighted by atomic mass is 16.6. The van der Waals surface area contributed by atoms with Crippen LogP contribution in [0.2, 0.25) is 0 Å². The Bertz CT molecular complexity index is 1370. The summed E-state index contributed by atoms with van der Waals surface area (Å²) >= 11 is 0. The Morgan fingerprint density at radius 3 is 2.32 bits per heavy atom. The van der Waals surface area contributed by atoms with Crippen LogP contribution in [0.5, 0.6) is 0 Å². The Hall–Kier alpha value is -5.05. The maximum Gasteiger partial charge on any atom is 0.311 e. The van der Waals surface area contributed by atoms with Crippen LogP contribution in [0.1, 0.15) is 5.56 Å². The molecule has 2 N–H and O–H groups in total. The lowest BCUT2D eigenvalue weighted by molar-refractivity contribution is -0.605. The largest absolute Gasteiger partial charge is 0.619 e. The summed E-state index contributed by atoms with van der Waals surface area (Å²) in [5.74, 6) is -0.158. The van der Waals surface area contributed by atoms with Crippen LogP contribution < -0.4 is 15.4 Å². The van der Waals surface area contributed by atoms with Gasteiger partial charge in [-0.1, -0.05) is 24.3 Å². The Kier molecular flexibility index (Phi) is 6.55. The standard InChI is InChI=1S/C25H19N5O4/c31-24(10-9-18-11-14-29(32)15-12-18)27-21-6-1-4-19(16-21)20-5-2-7-22(17-20)28-25-23(30(33)34)8-3-13-26-25/h1-17H,(H,26,28)(H,27,31)/b10-9+. The Balaban J connectivity index is 1.49. The van der Waals surface area contributed by atoms with Crippen molar-refractivity contribution in [1.82, 2.24) is 4.98 Å². The minimum atomic E-state index is -0.488. The molecule has 0 spiro atoms.